The van der Waals surface area contributed by atoms with E-state index in [-0.39, 0.29) is 5.41 Å². The molecule has 0 unspecified atom stereocenters. The molecule has 0 amide bonds. The van der Waals surface area contributed by atoms with Gasteiger partial charge in [0.2, 0.25) is 0 Å². The van der Waals surface area contributed by atoms with Gasteiger partial charge in [0.25, 0.3) is 0 Å². The van der Waals surface area contributed by atoms with Crippen molar-refractivity contribution in [2.24, 2.45) is 0 Å². The highest BCUT2D eigenvalue weighted by molar-refractivity contribution is 6.09. The van der Waals surface area contributed by atoms with Crippen molar-refractivity contribution in [2.75, 3.05) is 4.90 Å². The van der Waals surface area contributed by atoms with Gasteiger partial charge in [0.05, 0.1) is 16.7 Å². The zero-order valence-electron chi connectivity index (χ0n) is 28.7. The van der Waals surface area contributed by atoms with Crippen LogP contribution >= 0.6 is 0 Å². The molecule has 0 aliphatic heterocycles. The maximum absolute atomic E-state index is 2.43. The summed E-state index contributed by atoms with van der Waals surface area (Å²) < 4.78 is 2.39. The van der Waals surface area contributed by atoms with Crippen molar-refractivity contribution < 1.29 is 0 Å². The Labute approximate surface area is 298 Å². The lowest BCUT2D eigenvalue weighted by atomic mass is 9.82. The maximum atomic E-state index is 2.43. The molecule has 9 aromatic rings. The normalized spacial score (nSPS) is 13.1. The molecule has 2 nitrogen and oxygen atoms in total. The summed E-state index contributed by atoms with van der Waals surface area (Å²) in [6.07, 6.45) is 0. The molecule has 242 valence electrons. The monoisotopic (exact) mass is 652 g/mol. The number of hydrogen-bond donors (Lipinski definition) is 0. The molecule has 51 heavy (non-hydrogen) atoms. The molecule has 1 aliphatic rings. The molecule has 0 atom stereocenters. The Bertz CT molecular complexity index is 2720. The Morgan fingerprint density at radius 2 is 1.04 bits per heavy atom. The fourth-order valence-corrected chi connectivity index (χ4v) is 8.49. The van der Waals surface area contributed by atoms with Crippen LogP contribution in [0, 0.1) is 0 Å². The molecule has 0 saturated carbocycles. The van der Waals surface area contributed by atoms with E-state index < -0.39 is 0 Å². The largest absolute Gasteiger partial charge is 0.310 e. The van der Waals surface area contributed by atoms with Gasteiger partial charge in [-0.2, -0.15) is 0 Å². The lowest BCUT2D eigenvalue weighted by Gasteiger charge is -2.29. The highest BCUT2D eigenvalue weighted by Gasteiger charge is 2.35. The zero-order valence-corrected chi connectivity index (χ0v) is 28.7. The number of nitrogens with zero attached hydrogens (tertiary/aromatic N) is 2. The summed E-state index contributed by atoms with van der Waals surface area (Å²) in [5.41, 5.74) is 14.8. The molecule has 2 heteroatoms. The van der Waals surface area contributed by atoms with Gasteiger partial charge in [-0.25, -0.2) is 0 Å². The van der Waals surface area contributed by atoms with Gasteiger partial charge in [0.1, 0.15) is 0 Å². The number of rotatable bonds is 5. The third-order valence-corrected chi connectivity index (χ3v) is 11.0. The summed E-state index contributed by atoms with van der Waals surface area (Å²) in [6.45, 7) is 4.71. The smallest absolute Gasteiger partial charge is 0.0541 e. The van der Waals surface area contributed by atoms with Gasteiger partial charge in [0, 0.05) is 38.6 Å². The number of fused-ring (bicyclic) bond motifs is 7. The second kappa shape index (κ2) is 11.3. The van der Waals surface area contributed by atoms with Crippen LogP contribution in [0.25, 0.3) is 60.5 Å². The third-order valence-electron chi connectivity index (χ3n) is 11.0. The van der Waals surface area contributed by atoms with E-state index in [0.717, 1.165) is 17.1 Å². The fourth-order valence-electron chi connectivity index (χ4n) is 8.49. The first-order valence-corrected chi connectivity index (χ1v) is 17.8. The Hall–Kier alpha value is -6.38. The topological polar surface area (TPSA) is 8.17 Å². The van der Waals surface area contributed by atoms with Crippen molar-refractivity contribution in [3.63, 3.8) is 0 Å². The van der Waals surface area contributed by atoms with E-state index in [1.54, 1.807) is 0 Å². The number of anilines is 3. The summed E-state index contributed by atoms with van der Waals surface area (Å²) in [5.74, 6) is 0. The maximum Gasteiger partial charge on any atom is 0.0541 e. The van der Waals surface area contributed by atoms with Gasteiger partial charge in [-0.05, 0) is 93.4 Å². The standard InChI is InChI=1S/C49H36N2/c1-49(2)44-21-8-5-18-40(44)41-30-29-38(32-45(41)49)50(46-24-12-14-34-13-3-4-17-39(34)46)36-27-25-33(26-28-36)35-15-11-16-37(31-35)51-47-22-9-6-19-42(47)43-20-7-10-23-48(43)51/h3-32H,1-2H3. The molecule has 8 aromatic carbocycles. The molecular weight excluding hydrogens is 617 g/mol. The van der Waals surface area contributed by atoms with E-state index in [0.29, 0.717) is 0 Å². The fraction of sp³-hybridized carbons (Fsp3) is 0.0612. The molecule has 0 fully saturated rings. The first kappa shape index (κ1) is 29.5. The predicted molar refractivity (Wildman–Crippen MR) is 216 cm³/mol. The van der Waals surface area contributed by atoms with Crippen LogP contribution in [0.2, 0.25) is 0 Å². The van der Waals surface area contributed by atoms with Crippen molar-refractivity contribution in [1.82, 2.24) is 4.57 Å². The van der Waals surface area contributed by atoms with E-state index in [1.807, 2.05) is 0 Å². The zero-order chi connectivity index (χ0) is 34.1. The summed E-state index contributed by atoms with van der Waals surface area (Å²) in [6, 6.07) is 66.6. The Morgan fingerprint density at radius 1 is 0.431 bits per heavy atom. The Morgan fingerprint density at radius 3 is 1.82 bits per heavy atom. The molecule has 0 spiro atoms. The van der Waals surface area contributed by atoms with Gasteiger partial charge < -0.3 is 9.47 Å². The minimum absolute atomic E-state index is 0.0857. The van der Waals surface area contributed by atoms with Crippen molar-refractivity contribution in [1.29, 1.82) is 0 Å². The Balaban J connectivity index is 1.09. The van der Waals surface area contributed by atoms with E-state index in [1.165, 1.54) is 71.6 Å². The van der Waals surface area contributed by atoms with Crippen molar-refractivity contribution >= 4 is 49.6 Å². The van der Waals surface area contributed by atoms with E-state index in [9.17, 15) is 0 Å². The molecule has 0 bridgehead atoms. The van der Waals surface area contributed by atoms with Crippen LogP contribution in [0.15, 0.2) is 182 Å². The average Bonchev–Trinajstić information content (AvgIpc) is 3.64. The summed E-state index contributed by atoms with van der Waals surface area (Å²) >= 11 is 0. The predicted octanol–water partition coefficient (Wildman–Crippen LogP) is 13.4. The van der Waals surface area contributed by atoms with Gasteiger partial charge in [0.15, 0.2) is 0 Å². The van der Waals surface area contributed by atoms with Crippen LogP contribution < -0.4 is 4.90 Å². The van der Waals surface area contributed by atoms with Gasteiger partial charge in [-0.15, -0.1) is 0 Å². The minimum Gasteiger partial charge on any atom is -0.310 e. The van der Waals surface area contributed by atoms with Crippen LogP contribution in [0.5, 0.6) is 0 Å². The number of benzene rings is 8. The Kier molecular flexibility index (Phi) is 6.56. The first-order valence-electron chi connectivity index (χ1n) is 17.8. The van der Waals surface area contributed by atoms with Crippen LogP contribution in [0.3, 0.4) is 0 Å². The SMILES string of the molecule is CC1(C)c2ccccc2-c2ccc(N(c3ccc(-c4cccc(-n5c6ccccc6c6ccccc65)c4)cc3)c3cccc4ccccc34)cc21. The molecular formula is C49H36N2. The number of para-hydroxylation sites is 2. The molecule has 0 N–H and O–H groups in total. The highest BCUT2D eigenvalue weighted by atomic mass is 15.1. The highest BCUT2D eigenvalue weighted by Crippen LogP contribution is 2.51. The second-order valence-corrected chi connectivity index (χ2v) is 14.2. The van der Waals surface area contributed by atoms with Gasteiger partial charge in [-0.3, -0.25) is 0 Å². The van der Waals surface area contributed by atoms with Crippen LogP contribution in [0.1, 0.15) is 25.0 Å². The molecule has 1 heterocycles. The van der Waals surface area contributed by atoms with Crippen LogP contribution in [-0.2, 0) is 5.41 Å². The molecule has 0 radical (unpaired) electrons. The second-order valence-electron chi connectivity index (χ2n) is 14.2. The van der Waals surface area contributed by atoms with Gasteiger partial charge >= 0.3 is 0 Å². The summed E-state index contributed by atoms with van der Waals surface area (Å²) in [7, 11) is 0. The van der Waals surface area contributed by atoms with Gasteiger partial charge in [-0.1, -0.05) is 141 Å². The van der Waals surface area contributed by atoms with Crippen molar-refractivity contribution in [3.05, 3.63) is 193 Å². The number of hydrogen-bond acceptors (Lipinski definition) is 1. The molecule has 0 saturated heterocycles. The van der Waals surface area contributed by atoms with Crippen molar-refractivity contribution in [2.45, 2.75) is 19.3 Å². The lowest BCUT2D eigenvalue weighted by Crippen LogP contribution is -2.16. The minimum atomic E-state index is -0.0857. The van der Waals surface area contributed by atoms with E-state index >= 15 is 0 Å². The number of aromatic nitrogens is 1. The summed E-state index contributed by atoms with van der Waals surface area (Å²) in [5, 5.41) is 5.00. The first-order chi connectivity index (χ1) is 25.1. The van der Waals surface area contributed by atoms with Crippen molar-refractivity contribution in [3.8, 4) is 27.9 Å². The average molecular weight is 653 g/mol. The molecule has 1 aliphatic carbocycles. The van der Waals surface area contributed by atoms with E-state index in [4.69, 9.17) is 0 Å². The summed E-state index contributed by atoms with van der Waals surface area (Å²) in [4.78, 5) is 2.43. The third kappa shape index (κ3) is 4.57. The molecule has 1 aromatic heterocycles. The van der Waals surface area contributed by atoms with Crippen LogP contribution in [-0.4, -0.2) is 4.57 Å². The molecule has 10 rings (SSSR count). The quantitative estimate of drug-likeness (QED) is 0.180. The van der Waals surface area contributed by atoms with E-state index in [2.05, 4.69) is 205 Å². The lowest BCUT2D eigenvalue weighted by molar-refractivity contribution is 0.660. The van der Waals surface area contributed by atoms with Crippen LogP contribution in [0.4, 0.5) is 17.1 Å².